The van der Waals surface area contributed by atoms with E-state index in [1.165, 1.54) is 12.3 Å². The average Bonchev–Trinajstić information content (AvgIpc) is 1.96. The van der Waals surface area contributed by atoms with Crippen LogP contribution >= 0.6 is 27.5 Å². The normalized spacial score (nSPS) is 9.58. The minimum Gasteiger partial charge on any atom is -0.359 e. The lowest BCUT2D eigenvalue weighted by Crippen LogP contribution is -1.92. The van der Waals surface area contributed by atoms with E-state index in [0.29, 0.717) is 15.2 Å². The molecular weight excluding hydrogens is 244 g/mol. The molecule has 0 aromatic heterocycles. The fourth-order valence-electron chi connectivity index (χ4n) is 0.782. The van der Waals surface area contributed by atoms with Crippen molar-refractivity contribution in [2.45, 2.75) is 0 Å². The zero-order valence-corrected chi connectivity index (χ0v) is 8.41. The Morgan fingerprint density at radius 2 is 2.25 bits per heavy atom. The molecule has 0 spiro atoms. The third kappa shape index (κ3) is 1.99. The predicted molar refractivity (Wildman–Crippen MR) is 52.9 cm³/mol. The molecule has 0 radical (unpaired) electrons. The zero-order valence-electron chi connectivity index (χ0n) is 6.07. The van der Waals surface area contributed by atoms with Gasteiger partial charge in [0.25, 0.3) is 0 Å². The number of benzene rings is 1. The van der Waals surface area contributed by atoms with Gasteiger partial charge in [0.2, 0.25) is 0 Å². The highest BCUT2D eigenvalue weighted by molar-refractivity contribution is 9.10. The van der Waals surface area contributed by atoms with Crippen LogP contribution in [0.1, 0.15) is 0 Å². The van der Waals surface area contributed by atoms with E-state index < -0.39 is 5.82 Å². The fraction of sp³-hybridized carbons (Fsp3) is 0. The molecule has 0 atom stereocenters. The fourth-order valence-corrected chi connectivity index (χ4v) is 1.67. The van der Waals surface area contributed by atoms with Gasteiger partial charge in [-0.15, -0.1) is 0 Å². The number of anilines is 1. The first kappa shape index (κ1) is 9.55. The molecule has 0 aliphatic carbocycles. The van der Waals surface area contributed by atoms with Crippen LogP contribution in [-0.2, 0) is 0 Å². The van der Waals surface area contributed by atoms with Gasteiger partial charge >= 0.3 is 0 Å². The quantitative estimate of drug-likeness (QED) is 0.842. The van der Waals surface area contributed by atoms with Gasteiger partial charge in [-0.2, -0.15) is 0 Å². The van der Waals surface area contributed by atoms with Crippen LogP contribution in [0.2, 0.25) is 5.02 Å². The van der Waals surface area contributed by atoms with E-state index in [0.717, 1.165) is 0 Å². The smallest absolute Gasteiger partial charge is 0.149 e. The summed E-state index contributed by atoms with van der Waals surface area (Å²) in [5.74, 6) is -0.408. The zero-order chi connectivity index (χ0) is 9.14. The maximum Gasteiger partial charge on any atom is 0.149 e. The third-order valence-electron chi connectivity index (χ3n) is 1.25. The lowest BCUT2D eigenvalue weighted by molar-refractivity contribution is 0.631. The van der Waals surface area contributed by atoms with Gasteiger partial charge in [-0.25, -0.2) is 4.39 Å². The Hall–Kier alpha value is -0.540. The first-order valence-corrected chi connectivity index (χ1v) is 4.34. The predicted octanol–water partition coefficient (Wildman–Crippen LogP) is 3.80. The van der Waals surface area contributed by atoms with E-state index in [1.54, 1.807) is 6.07 Å². The van der Waals surface area contributed by atoms with E-state index in [1.807, 2.05) is 0 Å². The molecule has 1 N–H and O–H groups in total. The molecular formula is C8H6BrClFN. The van der Waals surface area contributed by atoms with Gasteiger partial charge in [-0.05, 0) is 34.3 Å². The van der Waals surface area contributed by atoms with E-state index in [2.05, 4.69) is 27.8 Å². The molecule has 0 fully saturated rings. The molecule has 0 heterocycles. The van der Waals surface area contributed by atoms with Gasteiger partial charge in [-0.3, -0.25) is 0 Å². The van der Waals surface area contributed by atoms with Crippen molar-refractivity contribution in [2.24, 2.45) is 0 Å². The highest BCUT2D eigenvalue weighted by Crippen LogP contribution is 2.29. The Bertz CT molecular complexity index is 291. The van der Waals surface area contributed by atoms with Gasteiger partial charge in [0, 0.05) is 9.50 Å². The van der Waals surface area contributed by atoms with Crippen LogP contribution in [0.15, 0.2) is 29.4 Å². The lowest BCUT2D eigenvalue weighted by Gasteiger charge is -2.05. The second-order valence-corrected chi connectivity index (χ2v) is 3.38. The Balaban J connectivity index is 3.18. The minimum atomic E-state index is -0.408. The summed E-state index contributed by atoms with van der Waals surface area (Å²) in [5.41, 5.74) is 0.342. The van der Waals surface area contributed by atoms with Crippen LogP contribution in [0.3, 0.4) is 0 Å². The van der Waals surface area contributed by atoms with E-state index in [-0.39, 0.29) is 0 Å². The molecule has 4 heteroatoms. The van der Waals surface area contributed by atoms with Crippen molar-refractivity contribution < 1.29 is 4.39 Å². The molecule has 1 aromatic carbocycles. The van der Waals surface area contributed by atoms with Gasteiger partial charge in [0.1, 0.15) is 5.82 Å². The molecule has 0 unspecified atom stereocenters. The molecule has 0 amide bonds. The van der Waals surface area contributed by atoms with Crippen LogP contribution < -0.4 is 5.32 Å². The Labute approximate surface area is 83.4 Å². The maximum absolute atomic E-state index is 13.1. The second-order valence-electron chi connectivity index (χ2n) is 2.09. The number of halogens is 3. The van der Waals surface area contributed by atoms with Crippen molar-refractivity contribution in [3.63, 3.8) is 0 Å². The SMILES string of the molecule is C=CNc1c(F)cc(Cl)cc1Br. The topological polar surface area (TPSA) is 12.0 Å². The minimum absolute atomic E-state index is 0.342. The summed E-state index contributed by atoms with van der Waals surface area (Å²) in [4.78, 5) is 0. The summed E-state index contributed by atoms with van der Waals surface area (Å²) in [6.07, 6.45) is 1.40. The first-order valence-electron chi connectivity index (χ1n) is 3.17. The Kier molecular flexibility index (Phi) is 3.12. The number of hydrogen-bond acceptors (Lipinski definition) is 1. The van der Waals surface area contributed by atoms with Crippen LogP contribution in [-0.4, -0.2) is 0 Å². The van der Waals surface area contributed by atoms with Crippen LogP contribution in [0.4, 0.5) is 10.1 Å². The van der Waals surface area contributed by atoms with Gasteiger partial charge in [0.05, 0.1) is 5.69 Å². The Morgan fingerprint density at radius 1 is 1.58 bits per heavy atom. The van der Waals surface area contributed by atoms with Crippen LogP contribution in [0.5, 0.6) is 0 Å². The molecule has 64 valence electrons. The molecule has 0 aliphatic heterocycles. The van der Waals surface area contributed by atoms with Crippen molar-refractivity contribution in [1.82, 2.24) is 0 Å². The van der Waals surface area contributed by atoms with Crippen molar-refractivity contribution >= 4 is 33.2 Å². The van der Waals surface area contributed by atoms with Crippen molar-refractivity contribution in [3.05, 3.63) is 40.2 Å². The highest BCUT2D eigenvalue weighted by Gasteiger charge is 2.06. The van der Waals surface area contributed by atoms with E-state index in [4.69, 9.17) is 11.6 Å². The number of nitrogens with one attached hydrogen (secondary N) is 1. The van der Waals surface area contributed by atoms with Crippen molar-refractivity contribution in [1.29, 1.82) is 0 Å². The third-order valence-corrected chi connectivity index (χ3v) is 2.10. The number of hydrogen-bond donors (Lipinski definition) is 1. The molecule has 1 aromatic rings. The molecule has 1 rings (SSSR count). The molecule has 0 saturated carbocycles. The maximum atomic E-state index is 13.1. The van der Waals surface area contributed by atoms with Gasteiger partial charge in [-0.1, -0.05) is 18.2 Å². The monoisotopic (exact) mass is 249 g/mol. The lowest BCUT2D eigenvalue weighted by atomic mass is 10.3. The molecule has 0 aliphatic rings. The van der Waals surface area contributed by atoms with E-state index in [9.17, 15) is 4.39 Å². The summed E-state index contributed by atoms with van der Waals surface area (Å²) in [6.45, 7) is 3.43. The highest BCUT2D eigenvalue weighted by atomic mass is 79.9. The molecule has 0 bridgehead atoms. The van der Waals surface area contributed by atoms with Crippen molar-refractivity contribution in [2.75, 3.05) is 5.32 Å². The number of rotatable bonds is 2. The summed E-state index contributed by atoms with van der Waals surface area (Å²) >= 11 is 8.76. The largest absolute Gasteiger partial charge is 0.359 e. The van der Waals surface area contributed by atoms with E-state index >= 15 is 0 Å². The molecule has 1 nitrogen and oxygen atoms in total. The summed E-state index contributed by atoms with van der Waals surface area (Å²) in [5, 5.41) is 3.01. The molecule has 0 saturated heterocycles. The first-order chi connectivity index (χ1) is 5.65. The van der Waals surface area contributed by atoms with Crippen molar-refractivity contribution in [3.8, 4) is 0 Å². The van der Waals surface area contributed by atoms with Gasteiger partial charge < -0.3 is 5.32 Å². The average molecular weight is 250 g/mol. The Morgan fingerprint density at radius 3 is 2.75 bits per heavy atom. The summed E-state index contributed by atoms with van der Waals surface area (Å²) in [6, 6.07) is 2.84. The summed E-state index contributed by atoms with van der Waals surface area (Å²) < 4.78 is 13.6. The summed E-state index contributed by atoms with van der Waals surface area (Å²) in [7, 11) is 0. The second kappa shape index (κ2) is 3.92. The van der Waals surface area contributed by atoms with Gasteiger partial charge in [0.15, 0.2) is 0 Å². The standard InChI is InChI=1S/C8H6BrClFN/c1-2-12-8-6(9)3-5(10)4-7(8)11/h2-4,12H,1H2. The molecule has 12 heavy (non-hydrogen) atoms. The van der Waals surface area contributed by atoms with Crippen LogP contribution in [0, 0.1) is 5.82 Å². The van der Waals surface area contributed by atoms with Crippen LogP contribution in [0.25, 0.3) is 0 Å².